The van der Waals surface area contributed by atoms with Crippen molar-refractivity contribution in [2.45, 2.75) is 58.9 Å². The molecular formula is C14H23N3. The molecule has 0 aliphatic heterocycles. The van der Waals surface area contributed by atoms with Gasteiger partial charge in [0.15, 0.2) is 0 Å². The number of rotatable bonds is 3. The normalized spacial score (nSPS) is 19.0. The lowest BCUT2D eigenvalue weighted by Crippen LogP contribution is -2.28. The van der Waals surface area contributed by atoms with Gasteiger partial charge in [0.2, 0.25) is 0 Å². The molecule has 1 unspecified atom stereocenters. The third-order valence-corrected chi connectivity index (χ3v) is 3.70. The van der Waals surface area contributed by atoms with Crippen LogP contribution < -0.4 is 5.32 Å². The molecule has 0 saturated heterocycles. The van der Waals surface area contributed by atoms with Crippen molar-refractivity contribution >= 4 is 5.82 Å². The monoisotopic (exact) mass is 233 g/mol. The van der Waals surface area contributed by atoms with Gasteiger partial charge >= 0.3 is 0 Å². The van der Waals surface area contributed by atoms with Crippen molar-refractivity contribution in [3.8, 4) is 0 Å². The van der Waals surface area contributed by atoms with E-state index in [4.69, 9.17) is 0 Å². The number of nitrogens with one attached hydrogen (secondary N) is 1. The summed E-state index contributed by atoms with van der Waals surface area (Å²) in [5.74, 6) is 2.63. The van der Waals surface area contributed by atoms with Gasteiger partial charge in [-0.05, 0) is 39.5 Å². The highest BCUT2D eigenvalue weighted by Gasteiger charge is 2.20. The Labute approximate surface area is 104 Å². The first-order valence-electron chi connectivity index (χ1n) is 6.74. The second-order valence-electron chi connectivity index (χ2n) is 5.27. The van der Waals surface area contributed by atoms with E-state index in [1.165, 1.54) is 32.1 Å². The average Bonchev–Trinajstić information content (AvgIpc) is 2.28. The maximum absolute atomic E-state index is 4.45. The van der Waals surface area contributed by atoms with Crippen molar-refractivity contribution in [3.05, 3.63) is 17.6 Å². The summed E-state index contributed by atoms with van der Waals surface area (Å²) in [4.78, 5) is 8.75. The second-order valence-corrected chi connectivity index (χ2v) is 5.27. The van der Waals surface area contributed by atoms with E-state index < -0.39 is 0 Å². The van der Waals surface area contributed by atoms with E-state index in [2.05, 4.69) is 22.2 Å². The van der Waals surface area contributed by atoms with E-state index in [0.29, 0.717) is 6.04 Å². The smallest absolute Gasteiger partial charge is 0.130 e. The van der Waals surface area contributed by atoms with Crippen LogP contribution in [0.2, 0.25) is 0 Å². The Morgan fingerprint density at radius 2 is 1.88 bits per heavy atom. The summed E-state index contributed by atoms with van der Waals surface area (Å²) in [7, 11) is 0. The van der Waals surface area contributed by atoms with E-state index in [9.17, 15) is 0 Å². The lowest BCUT2D eigenvalue weighted by molar-refractivity contribution is 0.328. The minimum Gasteiger partial charge on any atom is -0.367 e. The topological polar surface area (TPSA) is 37.8 Å². The fraction of sp³-hybridized carbons (Fsp3) is 0.714. The summed E-state index contributed by atoms with van der Waals surface area (Å²) in [6.45, 7) is 6.25. The molecule has 0 amide bonds. The Hall–Kier alpha value is -1.12. The molecule has 1 saturated carbocycles. The number of aryl methyl sites for hydroxylation is 2. The molecule has 0 spiro atoms. The van der Waals surface area contributed by atoms with Gasteiger partial charge < -0.3 is 5.32 Å². The highest BCUT2D eigenvalue weighted by Crippen LogP contribution is 2.27. The third kappa shape index (κ3) is 3.42. The number of hydrogen-bond donors (Lipinski definition) is 1. The number of hydrogen-bond acceptors (Lipinski definition) is 3. The van der Waals surface area contributed by atoms with E-state index in [1.54, 1.807) is 0 Å². The highest BCUT2D eigenvalue weighted by molar-refractivity contribution is 5.36. The summed E-state index contributed by atoms with van der Waals surface area (Å²) < 4.78 is 0. The minimum absolute atomic E-state index is 0.518. The molecule has 3 heteroatoms. The molecule has 1 heterocycles. The van der Waals surface area contributed by atoms with Gasteiger partial charge in [0.1, 0.15) is 11.6 Å². The molecule has 2 rings (SSSR count). The molecule has 17 heavy (non-hydrogen) atoms. The molecule has 3 nitrogen and oxygen atoms in total. The van der Waals surface area contributed by atoms with Crippen LogP contribution in [0.25, 0.3) is 0 Å². The van der Waals surface area contributed by atoms with Crippen LogP contribution in [0.3, 0.4) is 0 Å². The number of nitrogens with zero attached hydrogens (tertiary/aromatic N) is 2. The Balaban J connectivity index is 1.99. The molecule has 0 bridgehead atoms. The van der Waals surface area contributed by atoms with Crippen molar-refractivity contribution in [2.75, 3.05) is 5.32 Å². The summed E-state index contributed by atoms with van der Waals surface area (Å²) >= 11 is 0. The molecule has 94 valence electrons. The predicted molar refractivity (Wildman–Crippen MR) is 71.2 cm³/mol. The van der Waals surface area contributed by atoms with E-state index in [-0.39, 0.29) is 0 Å². The summed E-state index contributed by atoms with van der Waals surface area (Å²) in [5.41, 5.74) is 1.04. The van der Waals surface area contributed by atoms with Crippen molar-refractivity contribution in [3.63, 3.8) is 0 Å². The Morgan fingerprint density at radius 3 is 2.53 bits per heavy atom. The van der Waals surface area contributed by atoms with E-state index in [0.717, 1.165) is 23.3 Å². The lowest BCUT2D eigenvalue weighted by atomic mass is 9.84. The molecule has 0 radical (unpaired) electrons. The Bertz CT molecular complexity index is 349. The van der Waals surface area contributed by atoms with Crippen molar-refractivity contribution in [2.24, 2.45) is 5.92 Å². The zero-order chi connectivity index (χ0) is 12.3. The van der Waals surface area contributed by atoms with Crippen LogP contribution in [0.4, 0.5) is 5.82 Å². The maximum Gasteiger partial charge on any atom is 0.130 e. The van der Waals surface area contributed by atoms with Crippen LogP contribution >= 0.6 is 0 Å². The van der Waals surface area contributed by atoms with E-state index >= 15 is 0 Å². The fourth-order valence-electron chi connectivity index (χ4n) is 2.78. The first-order valence-corrected chi connectivity index (χ1v) is 6.74. The molecule has 1 aliphatic rings. The van der Waals surface area contributed by atoms with Gasteiger partial charge in [-0.15, -0.1) is 0 Å². The zero-order valence-electron chi connectivity index (χ0n) is 11.2. The molecule has 1 atom stereocenters. The largest absolute Gasteiger partial charge is 0.367 e. The van der Waals surface area contributed by atoms with Crippen LogP contribution in [0.1, 0.15) is 50.5 Å². The molecule has 1 aliphatic carbocycles. The van der Waals surface area contributed by atoms with Gasteiger partial charge in [-0.1, -0.05) is 19.3 Å². The first-order chi connectivity index (χ1) is 8.15. The van der Waals surface area contributed by atoms with Gasteiger partial charge in [0.25, 0.3) is 0 Å². The summed E-state index contributed by atoms with van der Waals surface area (Å²) in [5, 5.41) is 3.54. The van der Waals surface area contributed by atoms with Crippen molar-refractivity contribution in [1.29, 1.82) is 0 Å². The molecular weight excluding hydrogens is 210 g/mol. The molecule has 0 aromatic carbocycles. The minimum atomic E-state index is 0.518. The van der Waals surface area contributed by atoms with Gasteiger partial charge in [-0.2, -0.15) is 0 Å². The highest BCUT2D eigenvalue weighted by atomic mass is 15.0. The number of anilines is 1. The van der Waals surface area contributed by atoms with Crippen LogP contribution in [0.5, 0.6) is 0 Å². The van der Waals surface area contributed by atoms with Crippen molar-refractivity contribution in [1.82, 2.24) is 9.97 Å². The molecule has 1 N–H and O–H groups in total. The summed E-state index contributed by atoms with van der Waals surface area (Å²) in [6, 6.07) is 2.55. The van der Waals surface area contributed by atoms with Gasteiger partial charge in [-0.3, -0.25) is 0 Å². The van der Waals surface area contributed by atoms with Crippen molar-refractivity contribution < 1.29 is 0 Å². The average molecular weight is 233 g/mol. The van der Waals surface area contributed by atoms with Crippen LogP contribution in [0, 0.1) is 19.8 Å². The standard InChI is InChI=1S/C14H23N3/c1-10-9-14(17-12(3)15-10)16-11(2)13-7-5-4-6-8-13/h9,11,13H,4-8H2,1-3H3,(H,15,16,17). The number of aromatic nitrogens is 2. The lowest BCUT2D eigenvalue weighted by Gasteiger charge is -2.28. The Morgan fingerprint density at radius 1 is 1.18 bits per heavy atom. The quantitative estimate of drug-likeness (QED) is 0.868. The van der Waals surface area contributed by atoms with E-state index in [1.807, 2.05) is 19.9 Å². The summed E-state index contributed by atoms with van der Waals surface area (Å²) in [6.07, 6.45) is 6.90. The van der Waals surface area contributed by atoms with Crippen LogP contribution in [-0.4, -0.2) is 16.0 Å². The third-order valence-electron chi connectivity index (χ3n) is 3.70. The van der Waals surface area contributed by atoms with Gasteiger partial charge in [-0.25, -0.2) is 9.97 Å². The molecule has 1 fully saturated rings. The van der Waals surface area contributed by atoms with Crippen LogP contribution in [-0.2, 0) is 0 Å². The molecule has 1 aromatic rings. The molecule has 1 aromatic heterocycles. The van der Waals surface area contributed by atoms with Crippen LogP contribution in [0.15, 0.2) is 6.07 Å². The Kier molecular flexibility index (Phi) is 3.97. The zero-order valence-corrected chi connectivity index (χ0v) is 11.2. The predicted octanol–water partition coefficient (Wildman–Crippen LogP) is 3.47. The first kappa shape index (κ1) is 12.3. The maximum atomic E-state index is 4.45. The van der Waals surface area contributed by atoms with Gasteiger partial charge in [0.05, 0.1) is 0 Å². The SMILES string of the molecule is Cc1cc(NC(C)C2CCCCC2)nc(C)n1. The van der Waals surface area contributed by atoms with Gasteiger partial charge in [0, 0.05) is 17.8 Å². The second kappa shape index (κ2) is 5.48. The fourth-order valence-corrected chi connectivity index (χ4v) is 2.78.